The van der Waals surface area contributed by atoms with Crippen LogP contribution in [0.2, 0.25) is 0 Å². The Labute approximate surface area is 80.0 Å². The van der Waals surface area contributed by atoms with Crippen molar-refractivity contribution in [3.8, 4) is 0 Å². The maximum atomic E-state index is 13.1. The Hall–Kier alpha value is -1.29. The number of halogens is 3. The minimum atomic E-state index is -1.48. The number of benzene rings is 1. The van der Waals surface area contributed by atoms with E-state index in [4.69, 9.17) is 5.73 Å². The van der Waals surface area contributed by atoms with E-state index in [1.807, 2.05) is 0 Å². The van der Waals surface area contributed by atoms with E-state index in [9.17, 15) is 13.2 Å². The molecule has 0 aliphatic rings. The van der Waals surface area contributed by atoms with E-state index in [2.05, 4.69) is 6.58 Å². The van der Waals surface area contributed by atoms with Crippen molar-refractivity contribution < 1.29 is 13.2 Å². The maximum absolute atomic E-state index is 13.1. The molecule has 0 aliphatic carbocycles. The fourth-order valence-corrected chi connectivity index (χ4v) is 1.13. The summed E-state index contributed by atoms with van der Waals surface area (Å²) in [6.45, 7) is 3.43. The van der Waals surface area contributed by atoms with Crippen molar-refractivity contribution in [2.24, 2.45) is 5.73 Å². The quantitative estimate of drug-likeness (QED) is 0.590. The van der Waals surface area contributed by atoms with Crippen LogP contribution in [0.4, 0.5) is 13.2 Å². The van der Waals surface area contributed by atoms with Gasteiger partial charge in [-0.05, 0) is 12.5 Å². The molecule has 1 nitrogen and oxygen atoms in total. The third kappa shape index (κ3) is 1.96. The van der Waals surface area contributed by atoms with Crippen LogP contribution in [0.15, 0.2) is 24.8 Å². The molecule has 0 aromatic heterocycles. The van der Waals surface area contributed by atoms with E-state index in [1.165, 1.54) is 6.08 Å². The van der Waals surface area contributed by atoms with Crippen molar-refractivity contribution in [2.45, 2.75) is 12.5 Å². The van der Waals surface area contributed by atoms with Gasteiger partial charge in [0.05, 0.1) is 0 Å². The topological polar surface area (TPSA) is 26.0 Å². The summed E-state index contributed by atoms with van der Waals surface area (Å²) in [6.07, 6.45) is 1.80. The summed E-state index contributed by atoms with van der Waals surface area (Å²) in [5, 5.41) is 0. The zero-order valence-electron chi connectivity index (χ0n) is 7.43. The van der Waals surface area contributed by atoms with Gasteiger partial charge in [0.2, 0.25) is 0 Å². The Kier molecular flexibility index (Phi) is 3.30. The smallest absolute Gasteiger partial charge is 0.194 e. The normalized spacial score (nSPS) is 12.6. The standard InChI is InChI=1S/C10H10F3N/c1-2-3-8(14)6-4-5-7(11)10(13)9(6)12/h2,4-5,8H,1,3,14H2. The molecule has 0 heterocycles. The van der Waals surface area contributed by atoms with Gasteiger partial charge in [0.1, 0.15) is 0 Å². The molecule has 1 rings (SSSR count). The second kappa shape index (κ2) is 4.28. The molecular formula is C10H10F3N. The second-order valence-electron chi connectivity index (χ2n) is 2.90. The van der Waals surface area contributed by atoms with Gasteiger partial charge in [0, 0.05) is 11.6 Å². The van der Waals surface area contributed by atoms with Crippen molar-refractivity contribution in [1.29, 1.82) is 0 Å². The predicted octanol–water partition coefficient (Wildman–Crippen LogP) is 2.68. The molecule has 0 amide bonds. The molecule has 4 heteroatoms. The van der Waals surface area contributed by atoms with E-state index >= 15 is 0 Å². The van der Waals surface area contributed by atoms with E-state index < -0.39 is 23.5 Å². The molecule has 0 radical (unpaired) electrons. The molecule has 1 atom stereocenters. The lowest BCUT2D eigenvalue weighted by atomic mass is 10.0. The SMILES string of the molecule is C=CCC(N)c1ccc(F)c(F)c1F. The summed E-state index contributed by atoms with van der Waals surface area (Å²) in [7, 11) is 0. The number of hydrogen-bond acceptors (Lipinski definition) is 1. The van der Waals surface area contributed by atoms with Crippen LogP contribution < -0.4 is 5.73 Å². The molecule has 0 bridgehead atoms. The molecular weight excluding hydrogens is 191 g/mol. The Bertz CT molecular complexity index is 349. The highest BCUT2D eigenvalue weighted by Gasteiger charge is 2.16. The van der Waals surface area contributed by atoms with Crippen LogP contribution in [-0.2, 0) is 0 Å². The molecule has 1 unspecified atom stereocenters. The molecule has 0 aliphatic heterocycles. The molecule has 0 spiro atoms. The Balaban J connectivity index is 3.10. The van der Waals surface area contributed by atoms with Gasteiger partial charge in [-0.2, -0.15) is 0 Å². The van der Waals surface area contributed by atoms with E-state index in [0.717, 1.165) is 12.1 Å². The first-order chi connectivity index (χ1) is 6.57. The van der Waals surface area contributed by atoms with Gasteiger partial charge in [-0.15, -0.1) is 6.58 Å². The largest absolute Gasteiger partial charge is 0.324 e. The third-order valence-electron chi connectivity index (χ3n) is 1.89. The zero-order chi connectivity index (χ0) is 10.7. The van der Waals surface area contributed by atoms with Crippen LogP contribution in [0.1, 0.15) is 18.0 Å². The highest BCUT2D eigenvalue weighted by Crippen LogP contribution is 2.21. The van der Waals surface area contributed by atoms with E-state index in [0.29, 0.717) is 6.42 Å². The zero-order valence-corrected chi connectivity index (χ0v) is 7.43. The summed E-state index contributed by atoms with van der Waals surface area (Å²) < 4.78 is 38.4. The van der Waals surface area contributed by atoms with E-state index in [-0.39, 0.29) is 5.56 Å². The number of rotatable bonds is 3. The lowest BCUT2D eigenvalue weighted by molar-refractivity contribution is 0.435. The number of hydrogen-bond donors (Lipinski definition) is 1. The summed E-state index contributed by atoms with van der Waals surface area (Å²) in [5.74, 6) is -3.92. The lowest BCUT2D eigenvalue weighted by Crippen LogP contribution is -2.12. The highest BCUT2D eigenvalue weighted by atomic mass is 19.2. The van der Waals surface area contributed by atoms with Gasteiger partial charge in [-0.25, -0.2) is 13.2 Å². The van der Waals surface area contributed by atoms with Gasteiger partial charge in [0.15, 0.2) is 17.5 Å². The van der Waals surface area contributed by atoms with Crippen LogP contribution >= 0.6 is 0 Å². The third-order valence-corrected chi connectivity index (χ3v) is 1.89. The Morgan fingerprint density at radius 2 is 1.93 bits per heavy atom. The molecule has 2 N–H and O–H groups in total. The first-order valence-corrected chi connectivity index (χ1v) is 4.07. The summed E-state index contributed by atoms with van der Waals surface area (Å²) in [4.78, 5) is 0. The van der Waals surface area contributed by atoms with Crippen molar-refractivity contribution >= 4 is 0 Å². The van der Waals surface area contributed by atoms with Crippen LogP contribution in [0.5, 0.6) is 0 Å². The Morgan fingerprint density at radius 1 is 1.29 bits per heavy atom. The van der Waals surface area contributed by atoms with Crippen molar-refractivity contribution in [1.82, 2.24) is 0 Å². The molecule has 1 aromatic carbocycles. The average Bonchev–Trinajstić information content (AvgIpc) is 2.15. The van der Waals surface area contributed by atoms with Crippen LogP contribution in [-0.4, -0.2) is 0 Å². The van der Waals surface area contributed by atoms with Crippen molar-refractivity contribution in [3.05, 3.63) is 47.8 Å². The average molecular weight is 201 g/mol. The molecule has 0 saturated carbocycles. The molecule has 0 fully saturated rings. The van der Waals surface area contributed by atoms with Crippen molar-refractivity contribution in [2.75, 3.05) is 0 Å². The predicted molar refractivity (Wildman–Crippen MR) is 48.1 cm³/mol. The van der Waals surface area contributed by atoms with Crippen LogP contribution in [0, 0.1) is 17.5 Å². The highest BCUT2D eigenvalue weighted by molar-refractivity contribution is 5.23. The van der Waals surface area contributed by atoms with Crippen LogP contribution in [0.3, 0.4) is 0 Å². The maximum Gasteiger partial charge on any atom is 0.194 e. The first-order valence-electron chi connectivity index (χ1n) is 4.07. The van der Waals surface area contributed by atoms with E-state index in [1.54, 1.807) is 0 Å². The van der Waals surface area contributed by atoms with Gasteiger partial charge in [-0.1, -0.05) is 12.1 Å². The fraction of sp³-hybridized carbons (Fsp3) is 0.200. The molecule has 14 heavy (non-hydrogen) atoms. The molecule has 0 saturated heterocycles. The minimum absolute atomic E-state index is 0.0381. The van der Waals surface area contributed by atoms with Gasteiger partial charge in [0.25, 0.3) is 0 Å². The van der Waals surface area contributed by atoms with Gasteiger partial charge >= 0.3 is 0 Å². The molecule has 1 aromatic rings. The lowest BCUT2D eigenvalue weighted by Gasteiger charge is -2.10. The minimum Gasteiger partial charge on any atom is -0.324 e. The second-order valence-corrected chi connectivity index (χ2v) is 2.90. The Morgan fingerprint density at radius 3 is 2.50 bits per heavy atom. The monoisotopic (exact) mass is 201 g/mol. The summed E-state index contributed by atoms with van der Waals surface area (Å²) in [6, 6.07) is 1.31. The van der Waals surface area contributed by atoms with Crippen LogP contribution in [0.25, 0.3) is 0 Å². The van der Waals surface area contributed by atoms with Gasteiger partial charge in [-0.3, -0.25) is 0 Å². The van der Waals surface area contributed by atoms with Gasteiger partial charge < -0.3 is 5.73 Å². The fourth-order valence-electron chi connectivity index (χ4n) is 1.13. The summed E-state index contributed by atoms with van der Waals surface area (Å²) in [5.41, 5.74) is 5.49. The summed E-state index contributed by atoms with van der Waals surface area (Å²) >= 11 is 0. The van der Waals surface area contributed by atoms with Crippen molar-refractivity contribution in [3.63, 3.8) is 0 Å². The number of nitrogens with two attached hydrogens (primary N) is 1. The first kappa shape index (κ1) is 10.8. The molecule has 76 valence electrons.